The second-order valence-corrected chi connectivity index (χ2v) is 9.64. The first kappa shape index (κ1) is 22.9. The number of carbonyl (C=O) groups excluding carboxylic acids is 1. The van der Waals surface area contributed by atoms with Gasteiger partial charge in [-0.3, -0.25) is 4.79 Å². The highest BCUT2D eigenvalue weighted by Crippen LogP contribution is 2.39. The third-order valence-corrected chi connectivity index (χ3v) is 7.21. The zero-order chi connectivity index (χ0) is 23.4. The van der Waals surface area contributed by atoms with E-state index in [1.165, 1.54) is 17.7 Å². The van der Waals surface area contributed by atoms with Crippen molar-refractivity contribution in [2.45, 2.75) is 52.4 Å². The van der Waals surface area contributed by atoms with E-state index in [0.717, 1.165) is 53.6 Å². The van der Waals surface area contributed by atoms with Gasteiger partial charge in [-0.2, -0.15) is 0 Å². The van der Waals surface area contributed by atoms with E-state index >= 15 is 0 Å². The Kier molecular flexibility index (Phi) is 7.04. The van der Waals surface area contributed by atoms with Gasteiger partial charge in [-0.1, -0.05) is 37.1 Å². The Bertz CT molecular complexity index is 1210. The number of nitrogens with one attached hydrogen (secondary N) is 1. The maximum atomic E-state index is 13.5. The number of thiophene rings is 1. The lowest BCUT2D eigenvalue weighted by Gasteiger charge is -2.13. The summed E-state index contributed by atoms with van der Waals surface area (Å²) in [5.41, 5.74) is 5.79. The summed E-state index contributed by atoms with van der Waals surface area (Å²) in [6.07, 6.45) is 8.19. The molecule has 1 amide bonds. The molecule has 0 spiro atoms. The SMILES string of the molecule is Cc1ccc(C)c(NC(=O)c2c(N=Cc3ccc(C(=O)O)cc3)sc3c2CCCCCC3)c1. The summed E-state index contributed by atoms with van der Waals surface area (Å²) in [4.78, 5) is 30.6. The minimum Gasteiger partial charge on any atom is -0.478 e. The van der Waals surface area contributed by atoms with E-state index in [2.05, 4.69) is 5.32 Å². The van der Waals surface area contributed by atoms with Crippen LogP contribution in [0.15, 0.2) is 47.5 Å². The van der Waals surface area contributed by atoms with Crippen molar-refractivity contribution < 1.29 is 14.7 Å². The van der Waals surface area contributed by atoms with Crippen molar-refractivity contribution in [3.05, 3.63) is 80.7 Å². The van der Waals surface area contributed by atoms with Crippen molar-refractivity contribution in [2.75, 3.05) is 5.32 Å². The smallest absolute Gasteiger partial charge is 0.335 e. The minimum atomic E-state index is -0.957. The molecule has 0 radical (unpaired) electrons. The number of fused-ring (bicyclic) bond motifs is 1. The van der Waals surface area contributed by atoms with Crippen LogP contribution >= 0.6 is 11.3 Å². The molecule has 2 N–H and O–H groups in total. The number of amides is 1. The fraction of sp³-hybridized carbons (Fsp3) is 0.296. The van der Waals surface area contributed by atoms with Gasteiger partial charge in [0.05, 0.1) is 11.1 Å². The molecular formula is C27H28N2O3S. The number of carboxylic acid groups (broad SMARTS) is 1. The Hall–Kier alpha value is -3.25. The van der Waals surface area contributed by atoms with E-state index in [-0.39, 0.29) is 11.5 Å². The number of aromatic carboxylic acids is 1. The van der Waals surface area contributed by atoms with Crippen LogP contribution in [0.2, 0.25) is 0 Å². The van der Waals surface area contributed by atoms with E-state index in [9.17, 15) is 9.59 Å². The highest BCUT2D eigenvalue weighted by molar-refractivity contribution is 7.16. The molecule has 1 heterocycles. The van der Waals surface area contributed by atoms with Crippen molar-refractivity contribution in [1.29, 1.82) is 0 Å². The number of nitrogens with zero attached hydrogens (tertiary/aromatic N) is 1. The van der Waals surface area contributed by atoms with Crippen LogP contribution in [0.3, 0.4) is 0 Å². The molecule has 33 heavy (non-hydrogen) atoms. The predicted molar refractivity (Wildman–Crippen MR) is 135 cm³/mol. The van der Waals surface area contributed by atoms with E-state index in [1.54, 1.807) is 41.8 Å². The summed E-state index contributed by atoms with van der Waals surface area (Å²) in [5.74, 6) is -1.07. The van der Waals surface area contributed by atoms with Gasteiger partial charge in [-0.25, -0.2) is 9.79 Å². The molecule has 0 unspecified atom stereocenters. The number of benzene rings is 2. The molecule has 2 aromatic carbocycles. The van der Waals surface area contributed by atoms with Gasteiger partial charge in [-0.15, -0.1) is 11.3 Å². The van der Waals surface area contributed by atoms with Crippen molar-refractivity contribution >= 4 is 40.1 Å². The minimum absolute atomic E-state index is 0.116. The third-order valence-electron chi connectivity index (χ3n) is 6.01. The molecule has 5 nitrogen and oxygen atoms in total. The van der Waals surface area contributed by atoms with Gasteiger partial charge in [0.15, 0.2) is 0 Å². The summed E-state index contributed by atoms with van der Waals surface area (Å²) in [6, 6.07) is 12.6. The molecule has 0 saturated heterocycles. The molecule has 6 heteroatoms. The normalized spacial score (nSPS) is 13.9. The van der Waals surface area contributed by atoms with Crippen LogP contribution in [-0.4, -0.2) is 23.2 Å². The number of carbonyl (C=O) groups is 2. The van der Waals surface area contributed by atoms with Gasteiger partial charge >= 0.3 is 5.97 Å². The topological polar surface area (TPSA) is 78.8 Å². The molecule has 1 aromatic heterocycles. The molecule has 1 aliphatic carbocycles. The van der Waals surface area contributed by atoms with Crippen LogP contribution in [0.4, 0.5) is 10.7 Å². The number of hydrogen-bond donors (Lipinski definition) is 2. The molecule has 0 bridgehead atoms. The summed E-state index contributed by atoms with van der Waals surface area (Å²) < 4.78 is 0. The first-order valence-corrected chi connectivity index (χ1v) is 12.1. The number of rotatable bonds is 5. The number of aryl methyl sites for hydroxylation is 3. The monoisotopic (exact) mass is 460 g/mol. The second kappa shape index (κ2) is 10.1. The number of carboxylic acids is 1. The Morgan fingerprint density at radius 3 is 2.45 bits per heavy atom. The number of aliphatic imine (C=N–C) groups is 1. The van der Waals surface area contributed by atoms with Crippen LogP contribution in [0.5, 0.6) is 0 Å². The molecule has 170 valence electrons. The average molecular weight is 461 g/mol. The van der Waals surface area contributed by atoms with Gasteiger partial charge in [0.25, 0.3) is 5.91 Å². The summed E-state index contributed by atoms with van der Waals surface area (Å²) >= 11 is 1.61. The van der Waals surface area contributed by atoms with Crippen LogP contribution in [-0.2, 0) is 12.8 Å². The summed E-state index contributed by atoms with van der Waals surface area (Å²) in [5, 5.41) is 12.9. The first-order chi connectivity index (χ1) is 15.9. The molecular weight excluding hydrogens is 432 g/mol. The average Bonchev–Trinajstić information content (AvgIpc) is 3.11. The quantitative estimate of drug-likeness (QED) is 0.415. The second-order valence-electron chi connectivity index (χ2n) is 8.56. The largest absolute Gasteiger partial charge is 0.478 e. The lowest BCUT2D eigenvalue weighted by atomic mass is 9.96. The molecule has 0 atom stereocenters. The Morgan fingerprint density at radius 1 is 1.00 bits per heavy atom. The number of anilines is 1. The summed E-state index contributed by atoms with van der Waals surface area (Å²) in [6.45, 7) is 4.01. The molecule has 4 rings (SSSR count). The molecule has 0 fully saturated rings. The zero-order valence-electron chi connectivity index (χ0n) is 19.0. The summed E-state index contributed by atoms with van der Waals surface area (Å²) in [7, 11) is 0. The lowest BCUT2D eigenvalue weighted by molar-refractivity contribution is 0.0696. The predicted octanol–water partition coefficient (Wildman–Crippen LogP) is 6.73. The van der Waals surface area contributed by atoms with Crippen molar-refractivity contribution in [1.82, 2.24) is 0 Å². The lowest BCUT2D eigenvalue weighted by Crippen LogP contribution is -2.15. The van der Waals surface area contributed by atoms with Crippen LogP contribution < -0.4 is 5.32 Å². The maximum absolute atomic E-state index is 13.5. The standard InChI is InChI=1S/C27H28N2O3S/c1-17-9-10-18(2)22(15-17)29-25(30)24-21-7-5-3-4-6-8-23(21)33-26(24)28-16-19-11-13-20(14-12-19)27(31)32/h9-16H,3-8H2,1-2H3,(H,29,30)(H,31,32). The van der Waals surface area contributed by atoms with Crippen molar-refractivity contribution in [2.24, 2.45) is 4.99 Å². The first-order valence-electron chi connectivity index (χ1n) is 11.3. The Morgan fingerprint density at radius 2 is 1.73 bits per heavy atom. The van der Waals surface area contributed by atoms with Gasteiger partial charge in [0.1, 0.15) is 5.00 Å². The fourth-order valence-electron chi connectivity index (χ4n) is 4.13. The van der Waals surface area contributed by atoms with Crippen LogP contribution in [0.1, 0.15) is 73.5 Å². The Balaban J connectivity index is 1.70. The van der Waals surface area contributed by atoms with Crippen molar-refractivity contribution in [3.63, 3.8) is 0 Å². The van der Waals surface area contributed by atoms with Gasteiger partial charge in [0.2, 0.25) is 0 Å². The highest BCUT2D eigenvalue weighted by Gasteiger charge is 2.24. The van der Waals surface area contributed by atoms with Crippen LogP contribution in [0, 0.1) is 13.8 Å². The van der Waals surface area contributed by atoms with Gasteiger partial charge in [0, 0.05) is 16.8 Å². The molecule has 3 aromatic rings. The van der Waals surface area contributed by atoms with E-state index in [4.69, 9.17) is 10.1 Å². The van der Waals surface area contributed by atoms with E-state index in [1.807, 2.05) is 32.0 Å². The van der Waals surface area contributed by atoms with Crippen molar-refractivity contribution in [3.8, 4) is 0 Å². The van der Waals surface area contributed by atoms with Crippen LogP contribution in [0.25, 0.3) is 0 Å². The molecule has 0 aliphatic heterocycles. The van der Waals surface area contributed by atoms with Gasteiger partial charge < -0.3 is 10.4 Å². The zero-order valence-corrected chi connectivity index (χ0v) is 19.8. The Labute approximate surface area is 198 Å². The highest BCUT2D eigenvalue weighted by atomic mass is 32.1. The molecule has 1 aliphatic rings. The fourth-order valence-corrected chi connectivity index (χ4v) is 5.36. The maximum Gasteiger partial charge on any atom is 0.335 e. The molecule has 0 saturated carbocycles. The third kappa shape index (κ3) is 5.40. The van der Waals surface area contributed by atoms with Gasteiger partial charge in [-0.05, 0) is 80.0 Å². The van der Waals surface area contributed by atoms with E-state index < -0.39 is 5.97 Å². The number of hydrogen-bond acceptors (Lipinski definition) is 4. The van der Waals surface area contributed by atoms with E-state index in [0.29, 0.717) is 10.6 Å².